The minimum absolute atomic E-state index is 0.768. The largest absolute Gasteiger partial charge is 0.398 e. The molecule has 0 spiro atoms. The number of nitrogen functional groups attached to an aromatic ring is 1. The Labute approximate surface area is 130 Å². The van der Waals surface area contributed by atoms with Crippen molar-refractivity contribution in [3.63, 3.8) is 0 Å². The topological polar surface area (TPSA) is 42.1 Å². The van der Waals surface area contributed by atoms with Gasteiger partial charge >= 0.3 is 0 Å². The molecule has 0 bridgehead atoms. The fraction of sp³-hybridized carbons (Fsp3) is 0.133. The summed E-state index contributed by atoms with van der Waals surface area (Å²) in [6.45, 7) is 0.873. The summed E-state index contributed by atoms with van der Waals surface area (Å²) in [6, 6.07) is 8.19. The number of fused-ring (bicyclic) bond motifs is 1. The van der Waals surface area contributed by atoms with E-state index in [-0.39, 0.29) is 0 Å². The van der Waals surface area contributed by atoms with Crippen LogP contribution in [0, 0.1) is 0 Å². The number of thiophene rings is 1. The zero-order chi connectivity index (χ0) is 14.1. The summed E-state index contributed by atoms with van der Waals surface area (Å²) < 4.78 is 1.14. The zero-order valence-corrected chi connectivity index (χ0v) is 13.4. The summed E-state index contributed by atoms with van der Waals surface area (Å²) in [4.78, 5) is 7.71. The number of pyridine rings is 1. The summed E-state index contributed by atoms with van der Waals surface area (Å²) in [5.41, 5.74) is 7.95. The molecule has 3 aromatic rings. The first-order chi connectivity index (χ1) is 9.65. The van der Waals surface area contributed by atoms with Crippen LogP contribution in [0.1, 0.15) is 4.88 Å². The quantitative estimate of drug-likeness (QED) is 0.719. The Bertz CT molecular complexity index is 754. The summed E-state index contributed by atoms with van der Waals surface area (Å²) in [5, 5.41) is 4.25. The molecule has 20 heavy (non-hydrogen) atoms. The normalized spacial score (nSPS) is 10.9. The van der Waals surface area contributed by atoms with E-state index in [2.05, 4.69) is 50.4 Å². The molecule has 0 saturated heterocycles. The van der Waals surface area contributed by atoms with Gasteiger partial charge in [0.25, 0.3) is 0 Å². The standard InChI is InChI=1S/C15H14BrN3S/c1-19(8-11-6-10(16)9-20-11)15-3-2-14(17)13-7-18-5-4-12(13)15/h2-7,9H,8,17H2,1H3. The lowest BCUT2D eigenvalue weighted by atomic mass is 10.1. The minimum Gasteiger partial charge on any atom is -0.398 e. The molecule has 0 atom stereocenters. The molecule has 2 aromatic heterocycles. The van der Waals surface area contributed by atoms with Crippen LogP contribution in [0.3, 0.4) is 0 Å². The lowest BCUT2D eigenvalue weighted by Gasteiger charge is -2.21. The van der Waals surface area contributed by atoms with Gasteiger partial charge in [0, 0.05) is 56.3 Å². The number of aromatic nitrogens is 1. The van der Waals surface area contributed by atoms with Crippen molar-refractivity contribution < 1.29 is 0 Å². The highest BCUT2D eigenvalue weighted by Gasteiger charge is 2.09. The van der Waals surface area contributed by atoms with Gasteiger partial charge in [0.15, 0.2) is 0 Å². The second-order valence-electron chi connectivity index (χ2n) is 4.68. The van der Waals surface area contributed by atoms with Crippen LogP contribution in [0.15, 0.2) is 46.5 Å². The number of hydrogen-bond donors (Lipinski definition) is 1. The second kappa shape index (κ2) is 5.42. The number of hydrogen-bond acceptors (Lipinski definition) is 4. The molecule has 2 heterocycles. The number of anilines is 2. The average molecular weight is 348 g/mol. The van der Waals surface area contributed by atoms with Crippen LogP contribution in [-0.2, 0) is 6.54 Å². The monoisotopic (exact) mass is 347 g/mol. The highest BCUT2D eigenvalue weighted by molar-refractivity contribution is 9.10. The molecular formula is C15H14BrN3S. The number of benzene rings is 1. The van der Waals surface area contributed by atoms with Gasteiger partial charge in [-0.3, -0.25) is 4.98 Å². The Hall–Kier alpha value is -1.59. The number of nitrogens with zero attached hydrogens (tertiary/aromatic N) is 2. The molecule has 2 N–H and O–H groups in total. The van der Waals surface area contributed by atoms with E-state index in [4.69, 9.17) is 5.73 Å². The third kappa shape index (κ3) is 2.51. The lowest BCUT2D eigenvalue weighted by Crippen LogP contribution is -2.16. The molecule has 0 aliphatic heterocycles. The molecule has 102 valence electrons. The maximum atomic E-state index is 6.02. The molecule has 0 aliphatic carbocycles. The predicted octanol–water partition coefficient (Wildman–Crippen LogP) is 4.28. The van der Waals surface area contributed by atoms with E-state index in [1.165, 1.54) is 10.6 Å². The van der Waals surface area contributed by atoms with Crippen LogP contribution in [0.4, 0.5) is 11.4 Å². The molecule has 1 aromatic carbocycles. The summed E-state index contributed by atoms with van der Waals surface area (Å²) in [5.74, 6) is 0. The number of halogens is 1. The van der Waals surface area contributed by atoms with Crippen LogP contribution >= 0.6 is 27.3 Å². The maximum absolute atomic E-state index is 6.02. The van der Waals surface area contributed by atoms with E-state index in [9.17, 15) is 0 Å². The first kappa shape index (κ1) is 13.4. The van der Waals surface area contributed by atoms with Crippen LogP contribution in [0.25, 0.3) is 10.8 Å². The Morgan fingerprint density at radius 3 is 2.90 bits per heavy atom. The van der Waals surface area contributed by atoms with E-state index < -0.39 is 0 Å². The minimum atomic E-state index is 0.768. The molecule has 0 amide bonds. The molecule has 3 nitrogen and oxygen atoms in total. The zero-order valence-electron chi connectivity index (χ0n) is 11.0. The third-order valence-corrected chi connectivity index (χ3v) is 4.94. The molecule has 3 rings (SSSR count). The third-order valence-electron chi connectivity index (χ3n) is 3.25. The Balaban J connectivity index is 1.99. The van der Waals surface area contributed by atoms with Crippen molar-refractivity contribution in [2.75, 3.05) is 17.7 Å². The van der Waals surface area contributed by atoms with Gasteiger partial charge < -0.3 is 10.6 Å². The van der Waals surface area contributed by atoms with Crippen LogP contribution in [0.2, 0.25) is 0 Å². The molecule has 0 unspecified atom stereocenters. The summed E-state index contributed by atoms with van der Waals surface area (Å²) in [6.07, 6.45) is 3.63. The predicted molar refractivity (Wildman–Crippen MR) is 90.3 cm³/mol. The highest BCUT2D eigenvalue weighted by Crippen LogP contribution is 2.31. The second-order valence-corrected chi connectivity index (χ2v) is 6.59. The SMILES string of the molecule is CN(Cc1cc(Br)cs1)c1ccc(N)c2cnccc12. The summed E-state index contributed by atoms with van der Waals surface area (Å²) in [7, 11) is 2.10. The fourth-order valence-electron chi connectivity index (χ4n) is 2.28. The molecule has 5 heteroatoms. The van der Waals surface area contributed by atoms with Gasteiger partial charge in [0.2, 0.25) is 0 Å². The number of rotatable bonds is 3. The highest BCUT2D eigenvalue weighted by atomic mass is 79.9. The first-order valence-corrected chi connectivity index (χ1v) is 7.88. The molecular weight excluding hydrogens is 334 g/mol. The lowest BCUT2D eigenvalue weighted by molar-refractivity contribution is 0.945. The smallest absolute Gasteiger partial charge is 0.0520 e. The van der Waals surface area contributed by atoms with Gasteiger partial charge in [-0.25, -0.2) is 0 Å². The van der Waals surface area contributed by atoms with E-state index in [0.29, 0.717) is 0 Å². The molecule has 0 aliphatic rings. The molecule has 0 fully saturated rings. The van der Waals surface area contributed by atoms with Gasteiger partial charge in [-0.15, -0.1) is 11.3 Å². The van der Waals surface area contributed by atoms with Crippen molar-refractivity contribution in [3.05, 3.63) is 51.4 Å². The fourth-order valence-corrected chi connectivity index (χ4v) is 3.79. The van der Waals surface area contributed by atoms with Crippen LogP contribution in [0.5, 0.6) is 0 Å². The van der Waals surface area contributed by atoms with E-state index in [1.54, 1.807) is 17.5 Å². The van der Waals surface area contributed by atoms with Gasteiger partial charge in [0.1, 0.15) is 0 Å². The van der Waals surface area contributed by atoms with E-state index in [0.717, 1.165) is 27.5 Å². The van der Waals surface area contributed by atoms with Crippen molar-refractivity contribution in [1.82, 2.24) is 4.98 Å². The van der Waals surface area contributed by atoms with Gasteiger partial charge in [-0.05, 0) is 40.2 Å². The van der Waals surface area contributed by atoms with Crippen LogP contribution in [-0.4, -0.2) is 12.0 Å². The van der Waals surface area contributed by atoms with Gasteiger partial charge in [0.05, 0.1) is 6.54 Å². The van der Waals surface area contributed by atoms with Crippen LogP contribution < -0.4 is 10.6 Å². The van der Waals surface area contributed by atoms with Crippen molar-refractivity contribution in [3.8, 4) is 0 Å². The van der Waals surface area contributed by atoms with Gasteiger partial charge in [-0.2, -0.15) is 0 Å². The Morgan fingerprint density at radius 1 is 1.30 bits per heavy atom. The van der Waals surface area contributed by atoms with Crippen molar-refractivity contribution in [2.45, 2.75) is 6.54 Å². The molecule has 0 radical (unpaired) electrons. The van der Waals surface area contributed by atoms with Crippen molar-refractivity contribution in [2.24, 2.45) is 0 Å². The van der Waals surface area contributed by atoms with Crippen molar-refractivity contribution in [1.29, 1.82) is 0 Å². The Kier molecular flexibility index (Phi) is 3.63. The number of nitrogens with two attached hydrogens (primary N) is 1. The average Bonchev–Trinajstić information content (AvgIpc) is 2.84. The van der Waals surface area contributed by atoms with Gasteiger partial charge in [-0.1, -0.05) is 0 Å². The van der Waals surface area contributed by atoms with E-state index in [1.807, 2.05) is 18.3 Å². The maximum Gasteiger partial charge on any atom is 0.0520 e. The van der Waals surface area contributed by atoms with Crippen molar-refractivity contribution >= 4 is 49.4 Å². The Morgan fingerprint density at radius 2 is 2.15 bits per heavy atom. The molecule has 0 saturated carbocycles. The first-order valence-electron chi connectivity index (χ1n) is 6.21. The summed E-state index contributed by atoms with van der Waals surface area (Å²) >= 11 is 5.25. The van der Waals surface area contributed by atoms with E-state index >= 15 is 0 Å².